The highest BCUT2D eigenvalue weighted by molar-refractivity contribution is 5.83. The molecule has 0 spiro atoms. The molecule has 0 saturated heterocycles. The maximum atomic E-state index is 14.1. The average molecular weight is 533 g/mol. The number of aliphatic hydroxyl groups is 4. The van der Waals surface area contributed by atoms with E-state index >= 15 is 0 Å². The molecule has 4 N–H and O–H groups in total. The second kappa shape index (κ2) is 8.38. The molecule has 0 aromatic carbocycles. The largest absolute Gasteiger partial charge is 0.468 e. The van der Waals surface area contributed by atoms with Crippen LogP contribution in [0.2, 0.25) is 0 Å². The number of cyclic esters (lactones) is 1. The summed E-state index contributed by atoms with van der Waals surface area (Å²) >= 11 is 0. The minimum atomic E-state index is -1.43. The molecule has 4 aliphatic carbocycles. The van der Waals surface area contributed by atoms with Crippen molar-refractivity contribution in [3.63, 3.8) is 0 Å². The highest BCUT2D eigenvalue weighted by Gasteiger charge is 2.81. The first-order chi connectivity index (χ1) is 17.6. The van der Waals surface area contributed by atoms with Gasteiger partial charge >= 0.3 is 11.9 Å². The molecule has 5 rings (SSSR count). The second-order valence-corrected chi connectivity index (χ2v) is 13.8. The molecule has 38 heavy (non-hydrogen) atoms. The summed E-state index contributed by atoms with van der Waals surface area (Å²) in [6, 6.07) is 0. The Kier molecular flexibility index (Phi) is 6.14. The number of carbonyl (C=O) groups excluding carboxylic acids is 2. The van der Waals surface area contributed by atoms with Gasteiger partial charge < -0.3 is 29.9 Å². The topological polar surface area (TPSA) is 134 Å². The lowest BCUT2D eigenvalue weighted by Crippen LogP contribution is -2.80. The third-order valence-corrected chi connectivity index (χ3v) is 12.5. The van der Waals surface area contributed by atoms with Crippen molar-refractivity contribution in [2.75, 3.05) is 13.7 Å². The number of allylic oxidation sites excluding steroid dienone is 2. The van der Waals surface area contributed by atoms with Gasteiger partial charge in [0.1, 0.15) is 12.0 Å². The summed E-state index contributed by atoms with van der Waals surface area (Å²) in [6.45, 7) is 9.37. The third kappa shape index (κ3) is 2.95. The minimum Gasteiger partial charge on any atom is -0.468 e. The molecule has 1 aliphatic heterocycles. The number of methoxy groups -OCH3 is 1. The molecule has 3 unspecified atom stereocenters. The second-order valence-electron chi connectivity index (χ2n) is 13.8. The number of rotatable bonds is 2. The zero-order chi connectivity index (χ0) is 28.1. The number of fused-ring (bicyclic) bond motifs is 7. The number of ether oxygens (including phenoxy) is 2. The predicted molar refractivity (Wildman–Crippen MR) is 138 cm³/mol. The summed E-state index contributed by atoms with van der Waals surface area (Å²) < 4.78 is 10.9. The van der Waals surface area contributed by atoms with Gasteiger partial charge in [0.05, 0.1) is 36.4 Å². The van der Waals surface area contributed by atoms with Crippen LogP contribution in [-0.4, -0.2) is 70.0 Å². The van der Waals surface area contributed by atoms with E-state index in [4.69, 9.17) is 9.47 Å². The SMILES string of the molecule is COC(=O)[C@@]12CC[C@@]3(C)C4C=CC(=O)OC[C@]4(C(C)O)[C@@H](O)[C@@H](O)C3[C@@]1(C)CC[C@@]1(C)CC=C(C)C[C@]12O. The summed E-state index contributed by atoms with van der Waals surface area (Å²) in [7, 11) is 1.35. The predicted octanol–water partition coefficient (Wildman–Crippen LogP) is 2.67. The van der Waals surface area contributed by atoms with Gasteiger partial charge in [0.25, 0.3) is 0 Å². The van der Waals surface area contributed by atoms with E-state index in [1.165, 1.54) is 13.2 Å². The van der Waals surface area contributed by atoms with Gasteiger partial charge in [0.2, 0.25) is 0 Å². The van der Waals surface area contributed by atoms with Crippen molar-refractivity contribution in [3.05, 3.63) is 23.8 Å². The Hall–Kier alpha value is -1.74. The van der Waals surface area contributed by atoms with Crippen LogP contribution in [0.15, 0.2) is 23.8 Å². The van der Waals surface area contributed by atoms with Crippen LogP contribution in [0, 0.1) is 38.9 Å². The van der Waals surface area contributed by atoms with Gasteiger partial charge in [-0.15, -0.1) is 0 Å². The van der Waals surface area contributed by atoms with Crippen LogP contribution in [0.1, 0.15) is 73.1 Å². The van der Waals surface area contributed by atoms with E-state index < -0.39 is 74.8 Å². The number of esters is 2. The molecule has 11 atom stereocenters. The normalized spacial score (nSPS) is 52.7. The van der Waals surface area contributed by atoms with Crippen molar-refractivity contribution in [1.82, 2.24) is 0 Å². The van der Waals surface area contributed by atoms with Gasteiger partial charge in [-0.3, -0.25) is 4.79 Å². The molecule has 0 amide bonds. The van der Waals surface area contributed by atoms with Gasteiger partial charge in [0, 0.05) is 11.5 Å². The molecule has 0 aromatic rings. The van der Waals surface area contributed by atoms with Gasteiger partial charge in [-0.05, 0) is 75.0 Å². The molecule has 3 fully saturated rings. The molecule has 0 aromatic heterocycles. The average Bonchev–Trinajstić information content (AvgIpc) is 3.04. The molecule has 0 bridgehead atoms. The lowest BCUT2D eigenvalue weighted by molar-refractivity contribution is -0.334. The first kappa shape index (κ1) is 27.8. The molecule has 3 saturated carbocycles. The van der Waals surface area contributed by atoms with Crippen LogP contribution >= 0.6 is 0 Å². The zero-order valence-electron chi connectivity index (χ0n) is 23.5. The van der Waals surface area contributed by atoms with E-state index in [0.29, 0.717) is 38.5 Å². The molecular formula is C30H44O8. The fraction of sp³-hybridized carbons (Fsp3) is 0.800. The van der Waals surface area contributed by atoms with Gasteiger partial charge in [0.15, 0.2) is 0 Å². The number of carbonyl (C=O) groups is 2. The van der Waals surface area contributed by atoms with Gasteiger partial charge in [-0.1, -0.05) is 38.5 Å². The zero-order valence-corrected chi connectivity index (χ0v) is 23.5. The lowest BCUT2D eigenvalue weighted by Gasteiger charge is -2.75. The van der Waals surface area contributed by atoms with Crippen molar-refractivity contribution in [3.8, 4) is 0 Å². The van der Waals surface area contributed by atoms with Gasteiger partial charge in [-0.2, -0.15) is 0 Å². The summed E-state index contributed by atoms with van der Waals surface area (Å²) in [4.78, 5) is 26.4. The number of aliphatic hydroxyl groups excluding tert-OH is 3. The highest BCUT2D eigenvalue weighted by Crippen LogP contribution is 2.78. The summed E-state index contributed by atoms with van der Waals surface area (Å²) in [5, 5.41) is 47.7. The summed E-state index contributed by atoms with van der Waals surface area (Å²) in [6.07, 6.45) is 4.29. The van der Waals surface area contributed by atoms with Crippen LogP contribution < -0.4 is 0 Å². The fourth-order valence-corrected chi connectivity index (χ4v) is 10.4. The Bertz CT molecular complexity index is 1100. The maximum absolute atomic E-state index is 14.1. The van der Waals surface area contributed by atoms with E-state index in [-0.39, 0.29) is 6.61 Å². The minimum absolute atomic E-state index is 0.230. The van der Waals surface area contributed by atoms with Crippen molar-refractivity contribution < 1.29 is 39.5 Å². The first-order valence-electron chi connectivity index (χ1n) is 14.0. The Morgan fingerprint density at radius 3 is 2.47 bits per heavy atom. The third-order valence-electron chi connectivity index (χ3n) is 12.5. The Morgan fingerprint density at radius 2 is 1.84 bits per heavy atom. The monoisotopic (exact) mass is 532 g/mol. The lowest BCUT2D eigenvalue weighted by atomic mass is 9.29. The standard InChI is InChI=1S/C30H44O8/c1-17-9-10-25(3)11-13-27(5)22-21(33)23(34)28(18(2)31)16-38-20(32)8-7-19(28)26(22,4)12-14-29(27,24(35)37-6)30(25,36)15-17/h7-9,18-19,21-23,31,33-34,36H,10-16H2,1-6H3/t18?,19?,21-,22?,23-,25+,26-,27+,28+,29-,30-/m0/s1. The van der Waals surface area contributed by atoms with Crippen molar-refractivity contribution in [2.45, 2.75) is 97.1 Å². The van der Waals surface area contributed by atoms with Crippen LogP contribution in [-0.2, 0) is 19.1 Å². The molecule has 5 aliphatic rings. The summed E-state index contributed by atoms with van der Waals surface area (Å²) in [5.41, 5.74) is -5.27. The molecule has 212 valence electrons. The van der Waals surface area contributed by atoms with E-state index in [2.05, 4.69) is 13.0 Å². The van der Waals surface area contributed by atoms with Crippen LogP contribution in [0.3, 0.4) is 0 Å². The Balaban J connectivity index is 1.76. The number of hydrogen-bond acceptors (Lipinski definition) is 8. The van der Waals surface area contributed by atoms with Gasteiger partial charge in [-0.25, -0.2) is 4.79 Å². The van der Waals surface area contributed by atoms with E-state index in [0.717, 1.165) is 5.57 Å². The van der Waals surface area contributed by atoms with E-state index in [1.54, 1.807) is 13.0 Å². The molecule has 8 heteroatoms. The summed E-state index contributed by atoms with van der Waals surface area (Å²) in [5.74, 6) is -2.19. The van der Waals surface area contributed by atoms with Crippen LogP contribution in [0.25, 0.3) is 0 Å². The highest BCUT2D eigenvalue weighted by atomic mass is 16.5. The Labute approximate surface area is 225 Å². The van der Waals surface area contributed by atoms with E-state index in [9.17, 15) is 30.0 Å². The first-order valence-corrected chi connectivity index (χ1v) is 14.0. The molecule has 1 heterocycles. The molecule has 0 radical (unpaired) electrons. The smallest absolute Gasteiger partial charge is 0.330 e. The fourth-order valence-electron chi connectivity index (χ4n) is 10.4. The maximum Gasteiger partial charge on any atom is 0.330 e. The van der Waals surface area contributed by atoms with E-state index in [1.807, 2.05) is 20.8 Å². The van der Waals surface area contributed by atoms with Crippen LogP contribution in [0.4, 0.5) is 0 Å². The van der Waals surface area contributed by atoms with Crippen molar-refractivity contribution >= 4 is 11.9 Å². The van der Waals surface area contributed by atoms with Crippen molar-refractivity contribution in [1.29, 1.82) is 0 Å². The molecule has 8 nitrogen and oxygen atoms in total. The molecular weight excluding hydrogens is 488 g/mol. The van der Waals surface area contributed by atoms with Crippen molar-refractivity contribution in [2.24, 2.45) is 38.9 Å². The number of hydrogen-bond donors (Lipinski definition) is 4. The van der Waals surface area contributed by atoms with Crippen LogP contribution in [0.5, 0.6) is 0 Å². The quantitative estimate of drug-likeness (QED) is 0.315. The Morgan fingerprint density at radius 1 is 1.16 bits per heavy atom.